The summed E-state index contributed by atoms with van der Waals surface area (Å²) < 4.78 is 6.57. The van der Waals surface area contributed by atoms with E-state index in [-0.39, 0.29) is 12.3 Å². The minimum atomic E-state index is -0.941. The van der Waals surface area contributed by atoms with Gasteiger partial charge in [-0.3, -0.25) is 19.0 Å². The summed E-state index contributed by atoms with van der Waals surface area (Å²) in [5, 5.41) is 0. The first kappa shape index (κ1) is 18.5. The van der Waals surface area contributed by atoms with E-state index in [4.69, 9.17) is 4.74 Å². The number of carbonyl (C=O) groups excluding carboxylic acids is 2. The highest BCUT2D eigenvalue weighted by atomic mass is 16.5. The molecule has 1 aromatic heterocycles. The fourth-order valence-electron chi connectivity index (χ4n) is 2.82. The van der Waals surface area contributed by atoms with Crippen molar-refractivity contribution in [3.05, 3.63) is 75.7 Å². The Bertz CT molecular complexity index is 1080. The highest BCUT2D eigenvalue weighted by molar-refractivity contribution is 6.00. The Morgan fingerprint density at radius 3 is 2.59 bits per heavy atom. The van der Waals surface area contributed by atoms with E-state index < -0.39 is 17.6 Å². The molecule has 0 N–H and O–H groups in total. The molecule has 27 heavy (non-hydrogen) atoms. The number of hydrogen-bond donors (Lipinski definition) is 0. The molecule has 3 aromatic rings. The molecule has 0 bridgehead atoms. The fraction of sp³-hybridized carbons (Fsp3) is 0.238. The smallest absolute Gasteiger partial charge is 0.326 e. The Balaban J connectivity index is 1.76. The molecule has 0 aliphatic carbocycles. The zero-order chi connectivity index (χ0) is 19.6. The molecule has 0 fully saturated rings. The van der Waals surface area contributed by atoms with E-state index in [1.165, 1.54) is 17.7 Å². The lowest BCUT2D eigenvalue weighted by atomic mass is 10.0. The van der Waals surface area contributed by atoms with Gasteiger partial charge in [0, 0.05) is 5.56 Å². The van der Waals surface area contributed by atoms with Gasteiger partial charge in [0.2, 0.25) is 5.78 Å². The average Bonchev–Trinajstić information content (AvgIpc) is 2.65. The van der Waals surface area contributed by atoms with Crippen molar-refractivity contribution in [2.75, 3.05) is 0 Å². The summed E-state index contributed by atoms with van der Waals surface area (Å²) in [5.74, 6) is -0.934. The lowest BCUT2D eigenvalue weighted by Gasteiger charge is -2.14. The lowest BCUT2D eigenvalue weighted by molar-refractivity contribution is -0.147. The van der Waals surface area contributed by atoms with Crippen molar-refractivity contribution in [1.29, 1.82) is 0 Å². The van der Waals surface area contributed by atoms with Crippen molar-refractivity contribution in [1.82, 2.24) is 9.55 Å². The van der Waals surface area contributed by atoms with Crippen LogP contribution in [0.4, 0.5) is 0 Å². The third-order valence-electron chi connectivity index (χ3n) is 4.51. The average molecular weight is 364 g/mol. The molecule has 0 aliphatic rings. The summed E-state index contributed by atoms with van der Waals surface area (Å²) in [6.45, 7) is 5.13. The van der Waals surface area contributed by atoms with Crippen molar-refractivity contribution in [2.24, 2.45) is 0 Å². The van der Waals surface area contributed by atoms with Crippen LogP contribution in [0.15, 0.2) is 53.5 Å². The first-order valence-corrected chi connectivity index (χ1v) is 8.62. The summed E-state index contributed by atoms with van der Waals surface area (Å²) in [6.07, 6.45) is 0.225. The molecule has 1 heterocycles. The summed E-state index contributed by atoms with van der Waals surface area (Å²) >= 11 is 0. The third kappa shape index (κ3) is 3.95. The number of ether oxygens (including phenoxy) is 1. The van der Waals surface area contributed by atoms with Gasteiger partial charge in [-0.25, -0.2) is 4.98 Å². The van der Waals surface area contributed by atoms with Gasteiger partial charge in [0.15, 0.2) is 6.10 Å². The van der Waals surface area contributed by atoms with Gasteiger partial charge in [-0.1, -0.05) is 24.3 Å². The highest BCUT2D eigenvalue weighted by Gasteiger charge is 2.20. The van der Waals surface area contributed by atoms with Gasteiger partial charge in [0.1, 0.15) is 6.54 Å². The second-order valence-electron chi connectivity index (χ2n) is 6.47. The number of ketones is 1. The SMILES string of the molecule is Cc1ccc(C(=O)C(C)OC(=O)Cn2c(=O)cnc3ccccc32)cc1C. The number of carbonyl (C=O) groups is 2. The molecule has 0 radical (unpaired) electrons. The normalized spacial score (nSPS) is 12.0. The van der Waals surface area contributed by atoms with Crippen molar-refractivity contribution < 1.29 is 14.3 Å². The van der Waals surface area contributed by atoms with Crippen LogP contribution in [0.3, 0.4) is 0 Å². The van der Waals surface area contributed by atoms with Crippen molar-refractivity contribution in [3.8, 4) is 0 Å². The molecule has 138 valence electrons. The van der Waals surface area contributed by atoms with Gasteiger partial charge in [0.25, 0.3) is 5.56 Å². The van der Waals surface area contributed by atoms with Crippen LogP contribution in [-0.4, -0.2) is 27.4 Å². The highest BCUT2D eigenvalue weighted by Crippen LogP contribution is 2.13. The van der Waals surface area contributed by atoms with Crippen molar-refractivity contribution in [3.63, 3.8) is 0 Å². The minimum absolute atomic E-state index is 0.279. The number of nitrogens with zero attached hydrogens (tertiary/aromatic N) is 2. The minimum Gasteiger partial charge on any atom is -0.453 e. The molecule has 0 aliphatic heterocycles. The lowest BCUT2D eigenvalue weighted by Crippen LogP contribution is -2.30. The van der Waals surface area contributed by atoms with E-state index in [2.05, 4.69) is 4.98 Å². The van der Waals surface area contributed by atoms with E-state index in [9.17, 15) is 14.4 Å². The van der Waals surface area contributed by atoms with E-state index >= 15 is 0 Å². The molecule has 0 saturated heterocycles. The summed E-state index contributed by atoms with van der Waals surface area (Å²) in [5.41, 5.74) is 3.30. The second kappa shape index (κ2) is 7.53. The molecule has 6 nitrogen and oxygen atoms in total. The molecule has 1 atom stereocenters. The topological polar surface area (TPSA) is 78.3 Å². The first-order chi connectivity index (χ1) is 12.9. The maximum Gasteiger partial charge on any atom is 0.326 e. The van der Waals surface area contributed by atoms with Crippen molar-refractivity contribution >= 4 is 22.8 Å². The van der Waals surface area contributed by atoms with Crippen LogP contribution in [0, 0.1) is 13.8 Å². The maximum absolute atomic E-state index is 12.5. The summed E-state index contributed by atoms with van der Waals surface area (Å²) in [7, 11) is 0. The Morgan fingerprint density at radius 1 is 1.11 bits per heavy atom. The summed E-state index contributed by atoms with van der Waals surface area (Å²) in [6, 6.07) is 12.4. The number of aromatic nitrogens is 2. The van der Waals surface area contributed by atoms with Gasteiger partial charge in [-0.2, -0.15) is 0 Å². The zero-order valence-electron chi connectivity index (χ0n) is 15.4. The number of hydrogen-bond acceptors (Lipinski definition) is 5. The molecule has 0 saturated carbocycles. The zero-order valence-corrected chi connectivity index (χ0v) is 15.4. The molecule has 2 aromatic carbocycles. The predicted molar refractivity (Wildman–Crippen MR) is 102 cm³/mol. The maximum atomic E-state index is 12.5. The van der Waals surface area contributed by atoms with Crippen LogP contribution in [0.1, 0.15) is 28.4 Å². The van der Waals surface area contributed by atoms with E-state index in [0.717, 1.165) is 11.1 Å². The standard InChI is InChI=1S/C21H20N2O4/c1-13-8-9-16(10-14(13)2)21(26)15(3)27-20(25)12-23-18-7-5-4-6-17(18)22-11-19(23)24/h4-11,15H,12H2,1-3H3. The molecule has 0 amide bonds. The van der Waals surface area contributed by atoms with Gasteiger partial charge in [0.05, 0.1) is 17.2 Å². The van der Waals surface area contributed by atoms with E-state index in [1.807, 2.05) is 19.9 Å². The quantitative estimate of drug-likeness (QED) is 0.514. The molecular weight excluding hydrogens is 344 g/mol. The van der Waals surface area contributed by atoms with Crippen LogP contribution in [0.2, 0.25) is 0 Å². The van der Waals surface area contributed by atoms with E-state index in [1.54, 1.807) is 36.4 Å². The number of fused-ring (bicyclic) bond motifs is 1. The van der Waals surface area contributed by atoms with Crippen LogP contribution >= 0.6 is 0 Å². The Kier molecular flexibility index (Phi) is 5.16. The Hall–Kier alpha value is -3.28. The van der Waals surface area contributed by atoms with Gasteiger partial charge in [-0.15, -0.1) is 0 Å². The van der Waals surface area contributed by atoms with Crippen LogP contribution in [0.5, 0.6) is 0 Å². The van der Waals surface area contributed by atoms with Crippen LogP contribution < -0.4 is 5.56 Å². The monoisotopic (exact) mass is 364 g/mol. The number of esters is 1. The van der Waals surface area contributed by atoms with Crippen molar-refractivity contribution in [2.45, 2.75) is 33.4 Å². The third-order valence-corrected chi connectivity index (χ3v) is 4.51. The van der Waals surface area contributed by atoms with Gasteiger partial charge in [-0.05, 0) is 50.1 Å². The van der Waals surface area contributed by atoms with Gasteiger partial charge < -0.3 is 4.74 Å². The number of aryl methyl sites for hydroxylation is 2. The second-order valence-corrected chi connectivity index (χ2v) is 6.47. The largest absolute Gasteiger partial charge is 0.453 e. The first-order valence-electron chi connectivity index (χ1n) is 8.62. The molecule has 1 unspecified atom stereocenters. The number of para-hydroxylation sites is 2. The number of Topliss-reactive ketones (excluding diaryl/α,β-unsaturated/α-hetero) is 1. The molecular formula is C21H20N2O4. The number of benzene rings is 2. The van der Waals surface area contributed by atoms with Crippen LogP contribution in [-0.2, 0) is 16.1 Å². The van der Waals surface area contributed by atoms with Crippen LogP contribution in [0.25, 0.3) is 11.0 Å². The molecule has 0 spiro atoms. The number of rotatable bonds is 5. The fourth-order valence-corrected chi connectivity index (χ4v) is 2.82. The Labute approximate surface area is 156 Å². The van der Waals surface area contributed by atoms with Gasteiger partial charge >= 0.3 is 5.97 Å². The Morgan fingerprint density at radius 2 is 1.85 bits per heavy atom. The van der Waals surface area contributed by atoms with E-state index in [0.29, 0.717) is 16.6 Å². The summed E-state index contributed by atoms with van der Waals surface area (Å²) in [4.78, 5) is 41.0. The molecule has 3 rings (SSSR count). The predicted octanol–water partition coefficient (Wildman–Crippen LogP) is 2.83. The molecule has 6 heteroatoms.